The van der Waals surface area contributed by atoms with Crippen molar-refractivity contribution in [1.29, 1.82) is 0 Å². The number of aromatic nitrogens is 1. The SMILES string of the molecule is Cc1cc(Oc2c(F)cccc2F)ncc1NN.Cl. The molecule has 0 bridgehead atoms. The average molecular weight is 288 g/mol. The molecule has 0 saturated carbocycles. The summed E-state index contributed by atoms with van der Waals surface area (Å²) in [7, 11) is 0. The fourth-order valence-electron chi connectivity index (χ4n) is 1.42. The lowest BCUT2D eigenvalue weighted by Gasteiger charge is -2.09. The third-order valence-corrected chi connectivity index (χ3v) is 2.37. The molecule has 0 amide bonds. The molecule has 0 aliphatic heterocycles. The maximum atomic E-state index is 13.4. The molecule has 0 fully saturated rings. The molecule has 0 aliphatic carbocycles. The van der Waals surface area contributed by atoms with Gasteiger partial charge in [-0.05, 0) is 24.6 Å². The Hall–Kier alpha value is -1.92. The van der Waals surface area contributed by atoms with Crippen LogP contribution in [0.1, 0.15) is 5.56 Å². The third-order valence-electron chi connectivity index (χ3n) is 2.37. The Morgan fingerprint density at radius 2 is 1.89 bits per heavy atom. The molecule has 102 valence electrons. The van der Waals surface area contributed by atoms with Crippen molar-refractivity contribution in [3.05, 3.63) is 47.7 Å². The van der Waals surface area contributed by atoms with Gasteiger partial charge in [0.15, 0.2) is 11.6 Å². The van der Waals surface area contributed by atoms with Crippen LogP contribution in [0.3, 0.4) is 0 Å². The summed E-state index contributed by atoms with van der Waals surface area (Å²) in [5.74, 6) is 3.31. The molecule has 0 radical (unpaired) electrons. The molecule has 1 heterocycles. The van der Waals surface area contributed by atoms with E-state index in [1.54, 1.807) is 6.92 Å². The highest BCUT2D eigenvalue weighted by Crippen LogP contribution is 2.27. The highest BCUT2D eigenvalue weighted by atomic mass is 35.5. The van der Waals surface area contributed by atoms with Gasteiger partial charge in [0.1, 0.15) is 0 Å². The first-order valence-electron chi connectivity index (χ1n) is 5.17. The summed E-state index contributed by atoms with van der Waals surface area (Å²) in [6, 6.07) is 5.01. The van der Waals surface area contributed by atoms with Crippen LogP contribution in [0.15, 0.2) is 30.5 Å². The minimum absolute atomic E-state index is 0. The maximum absolute atomic E-state index is 13.4. The zero-order valence-electron chi connectivity index (χ0n) is 9.98. The third kappa shape index (κ3) is 3.30. The van der Waals surface area contributed by atoms with Crippen molar-refractivity contribution in [3.63, 3.8) is 0 Å². The van der Waals surface area contributed by atoms with Gasteiger partial charge in [-0.1, -0.05) is 6.07 Å². The predicted octanol–water partition coefficient (Wildman–Crippen LogP) is 3.17. The first-order chi connectivity index (χ1) is 8.61. The van der Waals surface area contributed by atoms with E-state index in [1.807, 2.05) is 0 Å². The Kier molecular flexibility index (Phi) is 5.02. The molecule has 0 aliphatic rings. The van der Waals surface area contributed by atoms with Crippen LogP contribution in [0.25, 0.3) is 0 Å². The highest BCUT2D eigenvalue weighted by molar-refractivity contribution is 5.85. The summed E-state index contributed by atoms with van der Waals surface area (Å²) >= 11 is 0. The number of rotatable bonds is 3. The summed E-state index contributed by atoms with van der Waals surface area (Å²) in [5.41, 5.74) is 3.80. The quantitative estimate of drug-likeness (QED) is 0.672. The van der Waals surface area contributed by atoms with E-state index in [4.69, 9.17) is 10.6 Å². The molecule has 0 spiro atoms. The molecule has 4 nitrogen and oxygen atoms in total. The van der Waals surface area contributed by atoms with Gasteiger partial charge >= 0.3 is 0 Å². The van der Waals surface area contributed by atoms with Crippen LogP contribution in [0.5, 0.6) is 11.6 Å². The molecule has 19 heavy (non-hydrogen) atoms. The van der Waals surface area contributed by atoms with Gasteiger partial charge in [-0.15, -0.1) is 12.4 Å². The van der Waals surface area contributed by atoms with E-state index in [9.17, 15) is 8.78 Å². The summed E-state index contributed by atoms with van der Waals surface area (Å²) in [4.78, 5) is 3.89. The van der Waals surface area contributed by atoms with Crippen molar-refractivity contribution in [2.24, 2.45) is 5.84 Å². The van der Waals surface area contributed by atoms with E-state index in [0.717, 1.165) is 17.7 Å². The van der Waals surface area contributed by atoms with Gasteiger partial charge in [0.05, 0.1) is 11.9 Å². The van der Waals surface area contributed by atoms with Crippen LogP contribution in [0.4, 0.5) is 14.5 Å². The predicted molar refractivity (Wildman–Crippen MR) is 70.5 cm³/mol. The fourth-order valence-corrected chi connectivity index (χ4v) is 1.42. The average Bonchev–Trinajstić information content (AvgIpc) is 2.34. The van der Waals surface area contributed by atoms with E-state index in [0.29, 0.717) is 5.69 Å². The van der Waals surface area contributed by atoms with Crippen molar-refractivity contribution < 1.29 is 13.5 Å². The topological polar surface area (TPSA) is 60.2 Å². The molecule has 0 unspecified atom stereocenters. The smallest absolute Gasteiger partial charge is 0.219 e. The van der Waals surface area contributed by atoms with Crippen molar-refractivity contribution in [2.75, 3.05) is 5.43 Å². The number of nitrogens with two attached hydrogens (primary N) is 1. The van der Waals surface area contributed by atoms with Crippen molar-refractivity contribution in [1.82, 2.24) is 4.98 Å². The molecular formula is C12H12ClF2N3O. The van der Waals surface area contributed by atoms with E-state index in [-0.39, 0.29) is 18.3 Å². The van der Waals surface area contributed by atoms with Gasteiger partial charge in [-0.2, -0.15) is 0 Å². The van der Waals surface area contributed by atoms with Gasteiger partial charge in [-0.25, -0.2) is 13.8 Å². The zero-order valence-corrected chi connectivity index (χ0v) is 10.8. The lowest BCUT2D eigenvalue weighted by Crippen LogP contribution is -2.08. The fraction of sp³-hybridized carbons (Fsp3) is 0.0833. The Labute approximate surface area is 115 Å². The second-order valence-electron chi connectivity index (χ2n) is 3.63. The minimum Gasteiger partial charge on any atom is -0.433 e. The highest BCUT2D eigenvalue weighted by Gasteiger charge is 2.12. The number of benzene rings is 1. The zero-order chi connectivity index (χ0) is 13.1. The van der Waals surface area contributed by atoms with Crippen molar-refractivity contribution >= 4 is 18.1 Å². The number of para-hydroxylation sites is 1. The number of nitrogens with one attached hydrogen (secondary N) is 1. The second kappa shape index (κ2) is 6.31. The van der Waals surface area contributed by atoms with Crippen molar-refractivity contribution in [3.8, 4) is 11.6 Å². The first kappa shape index (κ1) is 15.1. The Morgan fingerprint density at radius 1 is 1.26 bits per heavy atom. The van der Waals surface area contributed by atoms with E-state index >= 15 is 0 Å². The van der Waals surface area contributed by atoms with E-state index < -0.39 is 17.4 Å². The first-order valence-corrected chi connectivity index (χ1v) is 5.17. The summed E-state index contributed by atoms with van der Waals surface area (Å²) in [6.45, 7) is 1.77. The summed E-state index contributed by atoms with van der Waals surface area (Å²) in [6.07, 6.45) is 1.42. The second-order valence-corrected chi connectivity index (χ2v) is 3.63. The maximum Gasteiger partial charge on any atom is 0.219 e. The molecule has 1 aromatic heterocycles. The van der Waals surface area contributed by atoms with Crippen LogP contribution < -0.4 is 16.0 Å². The van der Waals surface area contributed by atoms with Crippen LogP contribution in [0, 0.1) is 18.6 Å². The number of nitrogens with zero attached hydrogens (tertiary/aromatic N) is 1. The number of hydrazine groups is 1. The van der Waals surface area contributed by atoms with Gasteiger partial charge in [0, 0.05) is 6.07 Å². The number of anilines is 1. The molecule has 1 aromatic carbocycles. The Balaban J connectivity index is 0.00000180. The molecule has 2 aromatic rings. The Morgan fingerprint density at radius 3 is 2.42 bits per heavy atom. The molecule has 0 saturated heterocycles. The van der Waals surface area contributed by atoms with E-state index in [2.05, 4.69) is 10.4 Å². The molecule has 2 rings (SSSR count). The van der Waals surface area contributed by atoms with Crippen LogP contribution in [-0.2, 0) is 0 Å². The number of pyridine rings is 1. The molecule has 3 N–H and O–H groups in total. The largest absolute Gasteiger partial charge is 0.433 e. The standard InChI is InChI=1S/C12H11F2N3O.ClH/c1-7-5-11(16-6-10(7)17-15)18-12-8(13)3-2-4-9(12)14;/h2-6,17H,15H2,1H3;1H. The lowest BCUT2D eigenvalue weighted by atomic mass is 10.2. The summed E-state index contributed by atoms with van der Waals surface area (Å²) in [5, 5.41) is 0. The van der Waals surface area contributed by atoms with Gasteiger partial charge < -0.3 is 10.2 Å². The van der Waals surface area contributed by atoms with E-state index in [1.165, 1.54) is 18.3 Å². The number of aryl methyl sites for hydroxylation is 1. The number of ether oxygens (including phenoxy) is 1. The van der Waals surface area contributed by atoms with Crippen LogP contribution in [0.2, 0.25) is 0 Å². The minimum atomic E-state index is -0.782. The normalized spacial score (nSPS) is 9.68. The Bertz CT molecular complexity index is 561. The van der Waals surface area contributed by atoms with Crippen LogP contribution >= 0.6 is 12.4 Å². The lowest BCUT2D eigenvalue weighted by molar-refractivity contribution is 0.395. The van der Waals surface area contributed by atoms with Gasteiger partial charge in [0.25, 0.3) is 0 Å². The molecule has 7 heteroatoms. The summed E-state index contributed by atoms with van der Waals surface area (Å²) < 4.78 is 31.8. The van der Waals surface area contributed by atoms with Gasteiger partial charge in [0.2, 0.25) is 11.6 Å². The number of halogens is 3. The monoisotopic (exact) mass is 287 g/mol. The number of nitrogen functional groups attached to an aromatic ring is 1. The van der Waals surface area contributed by atoms with Gasteiger partial charge in [-0.3, -0.25) is 5.84 Å². The number of hydrogen-bond donors (Lipinski definition) is 2. The number of hydrogen-bond acceptors (Lipinski definition) is 4. The molecule has 0 atom stereocenters. The van der Waals surface area contributed by atoms with Crippen LogP contribution in [-0.4, -0.2) is 4.98 Å². The van der Waals surface area contributed by atoms with Crippen molar-refractivity contribution in [2.45, 2.75) is 6.92 Å². The molecular weight excluding hydrogens is 276 g/mol.